The quantitative estimate of drug-likeness (QED) is 0.683. The molecule has 0 spiro atoms. The van der Waals surface area contributed by atoms with Crippen molar-refractivity contribution in [3.05, 3.63) is 12.7 Å². The van der Waals surface area contributed by atoms with E-state index in [1.807, 2.05) is 19.9 Å². The molecule has 1 aliphatic heterocycles. The fraction of sp³-hybridized carbons (Fsp3) is 0.818. The first-order chi connectivity index (χ1) is 6.53. The van der Waals surface area contributed by atoms with Gasteiger partial charge in [0.2, 0.25) is 0 Å². The van der Waals surface area contributed by atoms with Gasteiger partial charge in [-0.3, -0.25) is 0 Å². The Morgan fingerprint density at radius 1 is 1.43 bits per heavy atom. The van der Waals surface area contributed by atoms with Crippen molar-refractivity contribution in [2.45, 2.75) is 50.8 Å². The normalized spacial score (nSPS) is 45.1. The van der Waals surface area contributed by atoms with E-state index < -0.39 is 5.79 Å². The van der Waals surface area contributed by atoms with Crippen molar-refractivity contribution in [2.24, 2.45) is 5.92 Å². The Morgan fingerprint density at radius 2 is 2.07 bits per heavy atom. The monoisotopic (exact) mass is 198 g/mol. The molecule has 4 atom stereocenters. The van der Waals surface area contributed by atoms with Crippen molar-refractivity contribution >= 4 is 0 Å². The maximum atomic E-state index is 9.79. The summed E-state index contributed by atoms with van der Waals surface area (Å²) >= 11 is 0. The zero-order valence-corrected chi connectivity index (χ0v) is 8.77. The summed E-state index contributed by atoms with van der Waals surface area (Å²) < 4.78 is 11.4. The molecule has 0 bridgehead atoms. The Labute approximate surface area is 84.7 Å². The molecule has 80 valence electrons. The number of aliphatic hydroxyl groups is 1. The highest BCUT2D eigenvalue weighted by Gasteiger charge is 2.52. The highest BCUT2D eigenvalue weighted by atomic mass is 16.8. The van der Waals surface area contributed by atoms with E-state index in [-0.39, 0.29) is 18.3 Å². The van der Waals surface area contributed by atoms with Crippen molar-refractivity contribution in [3.8, 4) is 0 Å². The zero-order chi connectivity index (χ0) is 10.3. The third-order valence-electron chi connectivity index (χ3n) is 3.02. The van der Waals surface area contributed by atoms with Crippen molar-refractivity contribution in [2.75, 3.05) is 0 Å². The standard InChI is InChI=1S/C11H18O3/c1-4-5-7-6-8(12)10-9(7)13-11(2,3)14-10/h4,7-10,12H,1,5-6H2,2-3H3/t7-,8-,9+,10-/m0/s1. The number of hydrogen-bond donors (Lipinski definition) is 1. The second kappa shape index (κ2) is 3.33. The van der Waals surface area contributed by atoms with E-state index in [1.165, 1.54) is 0 Å². The summed E-state index contributed by atoms with van der Waals surface area (Å²) in [5, 5.41) is 9.79. The number of fused-ring (bicyclic) bond motifs is 1. The predicted molar refractivity (Wildman–Crippen MR) is 52.8 cm³/mol. The van der Waals surface area contributed by atoms with Crippen LogP contribution in [0.4, 0.5) is 0 Å². The second-order valence-electron chi connectivity index (χ2n) is 4.65. The maximum absolute atomic E-state index is 9.79. The third kappa shape index (κ3) is 1.60. The number of hydrogen-bond acceptors (Lipinski definition) is 3. The Hall–Kier alpha value is -0.380. The van der Waals surface area contributed by atoms with Crippen molar-refractivity contribution < 1.29 is 14.6 Å². The lowest BCUT2D eigenvalue weighted by atomic mass is 10.0. The molecule has 0 radical (unpaired) electrons. The minimum absolute atomic E-state index is 0.0398. The van der Waals surface area contributed by atoms with Gasteiger partial charge >= 0.3 is 0 Å². The smallest absolute Gasteiger partial charge is 0.163 e. The lowest BCUT2D eigenvalue weighted by Gasteiger charge is -2.21. The van der Waals surface area contributed by atoms with Gasteiger partial charge < -0.3 is 14.6 Å². The Kier molecular flexibility index (Phi) is 2.41. The molecular weight excluding hydrogens is 180 g/mol. The first kappa shape index (κ1) is 10.1. The third-order valence-corrected chi connectivity index (χ3v) is 3.02. The topological polar surface area (TPSA) is 38.7 Å². The summed E-state index contributed by atoms with van der Waals surface area (Å²) in [6, 6.07) is 0. The van der Waals surface area contributed by atoms with Crippen LogP contribution in [0.5, 0.6) is 0 Å². The van der Waals surface area contributed by atoms with Gasteiger partial charge in [-0.25, -0.2) is 0 Å². The van der Waals surface area contributed by atoms with E-state index >= 15 is 0 Å². The molecular formula is C11H18O3. The van der Waals surface area contributed by atoms with E-state index in [0.717, 1.165) is 12.8 Å². The lowest BCUT2D eigenvalue weighted by molar-refractivity contribution is -0.166. The fourth-order valence-electron chi connectivity index (χ4n) is 2.50. The van der Waals surface area contributed by atoms with Crippen LogP contribution >= 0.6 is 0 Å². The van der Waals surface area contributed by atoms with Crippen molar-refractivity contribution in [1.82, 2.24) is 0 Å². The van der Waals surface area contributed by atoms with Crippen LogP contribution in [0.2, 0.25) is 0 Å². The largest absolute Gasteiger partial charge is 0.390 e. The van der Waals surface area contributed by atoms with Crippen molar-refractivity contribution in [3.63, 3.8) is 0 Å². The molecule has 1 heterocycles. The Bertz CT molecular complexity index is 237. The van der Waals surface area contributed by atoms with Crippen molar-refractivity contribution in [1.29, 1.82) is 0 Å². The molecule has 1 N–H and O–H groups in total. The summed E-state index contributed by atoms with van der Waals surface area (Å²) in [6.45, 7) is 7.51. The molecule has 2 rings (SSSR count). The number of allylic oxidation sites excluding steroid dienone is 1. The Balaban J connectivity index is 2.10. The summed E-state index contributed by atoms with van der Waals surface area (Å²) in [5.74, 6) is -0.190. The van der Waals surface area contributed by atoms with E-state index in [1.54, 1.807) is 0 Å². The SMILES string of the molecule is C=CC[C@H]1C[C@H](O)[C@@H]2OC(C)(C)O[C@H]12. The zero-order valence-electron chi connectivity index (χ0n) is 8.77. The summed E-state index contributed by atoms with van der Waals surface area (Å²) in [7, 11) is 0. The minimum atomic E-state index is -0.545. The molecule has 0 aromatic rings. The van der Waals surface area contributed by atoms with Crippen LogP contribution in [-0.4, -0.2) is 29.2 Å². The van der Waals surface area contributed by atoms with Gasteiger partial charge in [-0.05, 0) is 32.6 Å². The van der Waals surface area contributed by atoms with Gasteiger partial charge in [-0.15, -0.1) is 6.58 Å². The molecule has 0 aromatic heterocycles. The molecule has 2 fully saturated rings. The minimum Gasteiger partial charge on any atom is -0.390 e. The van der Waals surface area contributed by atoms with E-state index in [4.69, 9.17) is 9.47 Å². The predicted octanol–water partition coefficient (Wildman–Crippen LogP) is 1.46. The molecule has 1 saturated carbocycles. The lowest BCUT2D eigenvalue weighted by Crippen LogP contribution is -2.28. The molecule has 1 aliphatic carbocycles. The van der Waals surface area contributed by atoms with Gasteiger partial charge in [-0.2, -0.15) is 0 Å². The number of ether oxygens (including phenoxy) is 2. The van der Waals surface area contributed by atoms with Crippen LogP contribution in [0.25, 0.3) is 0 Å². The molecule has 0 unspecified atom stereocenters. The van der Waals surface area contributed by atoms with Crippen LogP contribution in [0.15, 0.2) is 12.7 Å². The highest BCUT2D eigenvalue weighted by molar-refractivity contribution is 4.99. The molecule has 2 aliphatic rings. The van der Waals surface area contributed by atoms with Crippen LogP contribution in [0, 0.1) is 5.92 Å². The first-order valence-electron chi connectivity index (χ1n) is 5.18. The summed E-state index contributed by atoms with van der Waals surface area (Å²) in [6.07, 6.45) is 3.04. The number of aliphatic hydroxyl groups excluding tert-OH is 1. The van der Waals surface area contributed by atoms with E-state index in [0.29, 0.717) is 5.92 Å². The summed E-state index contributed by atoms with van der Waals surface area (Å²) in [4.78, 5) is 0. The average Bonchev–Trinajstić information content (AvgIpc) is 2.51. The summed E-state index contributed by atoms with van der Waals surface area (Å²) in [5.41, 5.74) is 0. The van der Waals surface area contributed by atoms with Crippen LogP contribution < -0.4 is 0 Å². The average molecular weight is 198 g/mol. The number of rotatable bonds is 2. The molecule has 0 amide bonds. The van der Waals surface area contributed by atoms with Gasteiger partial charge in [0.15, 0.2) is 5.79 Å². The van der Waals surface area contributed by atoms with Crippen LogP contribution in [-0.2, 0) is 9.47 Å². The molecule has 3 heteroatoms. The van der Waals surface area contributed by atoms with E-state index in [9.17, 15) is 5.11 Å². The van der Waals surface area contributed by atoms with Gasteiger partial charge in [0, 0.05) is 0 Å². The van der Waals surface area contributed by atoms with E-state index in [2.05, 4.69) is 6.58 Å². The van der Waals surface area contributed by atoms with Crippen LogP contribution in [0.3, 0.4) is 0 Å². The van der Waals surface area contributed by atoms with Crippen LogP contribution in [0.1, 0.15) is 26.7 Å². The molecule has 0 aromatic carbocycles. The van der Waals surface area contributed by atoms with Gasteiger partial charge in [0.05, 0.1) is 12.2 Å². The highest BCUT2D eigenvalue weighted by Crippen LogP contribution is 2.42. The Morgan fingerprint density at radius 3 is 2.71 bits per heavy atom. The van der Waals surface area contributed by atoms with Gasteiger partial charge in [0.25, 0.3) is 0 Å². The molecule has 14 heavy (non-hydrogen) atoms. The first-order valence-corrected chi connectivity index (χ1v) is 5.18. The molecule has 3 nitrogen and oxygen atoms in total. The second-order valence-corrected chi connectivity index (χ2v) is 4.65. The van der Waals surface area contributed by atoms with Gasteiger partial charge in [0.1, 0.15) is 6.10 Å². The molecule has 1 saturated heterocycles. The maximum Gasteiger partial charge on any atom is 0.163 e. The fourth-order valence-corrected chi connectivity index (χ4v) is 2.50. The van der Waals surface area contributed by atoms with Gasteiger partial charge in [-0.1, -0.05) is 6.08 Å².